The second-order valence-electron chi connectivity index (χ2n) is 2.66. The van der Waals surface area contributed by atoms with E-state index < -0.39 is 0 Å². The zero-order valence-corrected chi connectivity index (χ0v) is 8.86. The Morgan fingerprint density at radius 3 is 3.07 bits per heavy atom. The number of ether oxygens (including phenoxy) is 1. The summed E-state index contributed by atoms with van der Waals surface area (Å²) >= 11 is 3.31. The summed E-state index contributed by atoms with van der Waals surface area (Å²) in [6.07, 6.45) is 6.82. The number of aromatic nitrogens is 3. The highest BCUT2D eigenvalue weighted by Crippen LogP contribution is 2.16. The van der Waals surface area contributed by atoms with Crippen molar-refractivity contribution < 1.29 is 4.74 Å². The molecule has 2 aromatic heterocycles. The van der Waals surface area contributed by atoms with Crippen molar-refractivity contribution in [2.24, 2.45) is 0 Å². The molecule has 4 nitrogen and oxygen atoms in total. The second-order valence-corrected chi connectivity index (χ2v) is 3.58. The summed E-state index contributed by atoms with van der Waals surface area (Å²) < 4.78 is 6.34. The third-order valence-corrected chi connectivity index (χ3v) is 2.04. The standard InChI is InChI=1S/C9H8BrN3O/c10-7-3-8(5-11-4-7)14-6-9-12-1-2-13-9/h1-5H,6H2,(H,12,13). The molecule has 0 aliphatic heterocycles. The monoisotopic (exact) mass is 253 g/mol. The molecule has 0 atom stereocenters. The summed E-state index contributed by atoms with van der Waals surface area (Å²) in [6.45, 7) is 0.422. The lowest BCUT2D eigenvalue weighted by atomic mass is 10.5. The average molecular weight is 254 g/mol. The fourth-order valence-corrected chi connectivity index (χ4v) is 1.34. The molecule has 0 amide bonds. The van der Waals surface area contributed by atoms with Gasteiger partial charge >= 0.3 is 0 Å². The summed E-state index contributed by atoms with van der Waals surface area (Å²) in [5.74, 6) is 1.51. The van der Waals surface area contributed by atoms with Crippen molar-refractivity contribution >= 4 is 15.9 Å². The minimum Gasteiger partial charge on any atom is -0.484 e. The van der Waals surface area contributed by atoms with E-state index in [1.807, 2.05) is 6.07 Å². The molecule has 14 heavy (non-hydrogen) atoms. The lowest BCUT2D eigenvalue weighted by Gasteiger charge is -2.03. The predicted molar refractivity (Wildman–Crippen MR) is 54.9 cm³/mol. The van der Waals surface area contributed by atoms with Gasteiger partial charge in [-0.3, -0.25) is 4.98 Å². The zero-order chi connectivity index (χ0) is 9.80. The zero-order valence-electron chi connectivity index (χ0n) is 7.27. The highest BCUT2D eigenvalue weighted by atomic mass is 79.9. The summed E-state index contributed by atoms with van der Waals surface area (Å²) in [7, 11) is 0. The van der Waals surface area contributed by atoms with Crippen molar-refractivity contribution in [1.29, 1.82) is 0 Å². The molecule has 0 bridgehead atoms. The minimum absolute atomic E-state index is 0.422. The Balaban J connectivity index is 1.98. The van der Waals surface area contributed by atoms with Crippen molar-refractivity contribution in [2.45, 2.75) is 6.61 Å². The number of halogens is 1. The molecule has 0 aromatic carbocycles. The van der Waals surface area contributed by atoms with Crippen LogP contribution in [0.4, 0.5) is 0 Å². The first-order valence-corrected chi connectivity index (χ1v) is 4.85. The van der Waals surface area contributed by atoms with E-state index in [1.165, 1.54) is 0 Å². The lowest BCUT2D eigenvalue weighted by molar-refractivity contribution is 0.295. The molecule has 5 heteroatoms. The largest absolute Gasteiger partial charge is 0.484 e. The summed E-state index contributed by atoms with van der Waals surface area (Å²) in [6, 6.07) is 1.86. The first kappa shape index (κ1) is 9.21. The number of H-pyrrole nitrogens is 1. The van der Waals surface area contributed by atoms with E-state index in [1.54, 1.807) is 24.8 Å². The van der Waals surface area contributed by atoms with Gasteiger partial charge in [-0.2, -0.15) is 0 Å². The van der Waals surface area contributed by atoms with Crippen molar-refractivity contribution in [1.82, 2.24) is 15.0 Å². The van der Waals surface area contributed by atoms with E-state index in [-0.39, 0.29) is 0 Å². The molecular weight excluding hydrogens is 246 g/mol. The highest BCUT2D eigenvalue weighted by Gasteiger charge is 1.98. The van der Waals surface area contributed by atoms with E-state index in [2.05, 4.69) is 30.9 Å². The molecule has 0 saturated heterocycles. The van der Waals surface area contributed by atoms with Crippen molar-refractivity contribution in [3.05, 3.63) is 41.2 Å². The minimum atomic E-state index is 0.422. The van der Waals surface area contributed by atoms with Crippen LogP contribution < -0.4 is 4.74 Å². The van der Waals surface area contributed by atoms with Gasteiger partial charge in [0.15, 0.2) is 0 Å². The number of hydrogen-bond donors (Lipinski definition) is 1. The Kier molecular flexibility index (Phi) is 2.78. The molecule has 0 unspecified atom stereocenters. The lowest BCUT2D eigenvalue weighted by Crippen LogP contribution is -1.97. The maximum Gasteiger partial charge on any atom is 0.146 e. The predicted octanol–water partition coefficient (Wildman–Crippen LogP) is 2.15. The van der Waals surface area contributed by atoms with Crippen LogP contribution in [0, 0.1) is 0 Å². The van der Waals surface area contributed by atoms with Crippen LogP contribution in [0.1, 0.15) is 5.82 Å². The molecule has 0 aliphatic carbocycles. The van der Waals surface area contributed by atoms with E-state index in [0.29, 0.717) is 6.61 Å². The van der Waals surface area contributed by atoms with Gasteiger partial charge in [-0.1, -0.05) is 0 Å². The van der Waals surface area contributed by atoms with Crippen LogP contribution in [-0.2, 0) is 6.61 Å². The van der Waals surface area contributed by atoms with Gasteiger partial charge in [0.25, 0.3) is 0 Å². The summed E-state index contributed by atoms with van der Waals surface area (Å²) in [5.41, 5.74) is 0. The summed E-state index contributed by atoms with van der Waals surface area (Å²) in [5, 5.41) is 0. The highest BCUT2D eigenvalue weighted by molar-refractivity contribution is 9.10. The van der Waals surface area contributed by atoms with Gasteiger partial charge in [0.05, 0.1) is 6.20 Å². The Morgan fingerprint density at radius 2 is 2.36 bits per heavy atom. The number of pyridine rings is 1. The van der Waals surface area contributed by atoms with Crippen LogP contribution in [0.5, 0.6) is 5.75 Å². The van der Waals surface area contributed by atoms with Crippen LogP contribution in [0.25, 0.3) is 0 Å². The van der Waals surface area contributed by atoms with Crippen LogP contribution in [0.15, 0.2) is 35.3 Å². The Bertz CT molecular complexity index is 402. The number of aromatic amines is 1. The van der Waals surface area contributed by atoms with Crippen molar-refractivity contribution in [2.75, 3.05) is 0 Å². The Hall–Kier alpha value is -1.36. The number of imidazole rings is 1. The molecule has 0 radical (unpaired) electrons. The first-order valence-electron chi connectivity index (χ1n) is 4.06. The van der Waals surface area contributed by atoms with E-state index in [9.17, 15) is 0 Å². The number of nitrogens with one attached hydrogen (secondary N) is 1. The SMILES string of the molecule is Brc1cncc(OCc2ncc[nH]2)c1. The van der Waals surface area contributed by atoms with Gasteiger partial charge in [-0.25, -0.2) is 4.98 Å². The van der Waals surface area contributed by atoms with Crippen molar-refractivity contribution in [3.8, 4) is 5.75 Å². The fraction of sp³-hybridized carbons (Fsp3) is 0.111. The summed E-state index contributed by atoms with van der Waals surface area (Å²) in [4.78, 5) is 11.0. The van der Waals surface area contributed by atoms with Gasteiger partial charge < -0.3 is 9.72 Å². The van der Waals surface area contributed by atoms with Crippen LogP contribution in [-0.4, -0.2) is 15.0 Å². The molecule has 0 aliphatic rings. The van der Waals surface area contributed by atoms with Crippen LogP contribution in [0.3, 0.4) is 0 Å². The van der Waals surface area contributed by atoms with Gasteiger partial charge in [0.2, 0.25) is 0 Å². The second kappa shape index (κ2) is 4.23. The third-order valence-electron chi connectivity index (χ3n) is 1.61. The molecule has 0 saturated carbocycles. The van der Waals surface area contributed by atoms with Crippen molar-refractivity contribution in [3.63, 3.8) is 0 Å². The smallest absolute Gasteiger partial charge is 0.146 e. The van der Waals surface area contributed by atoms with Gasteiger partial charge in [0.1, 0.15) is 18.2 Å². The third kappa shape index (κ3) is 2.32. The molecule has 2 aromatic rings. The van der Waals surface area contributed by atoms with Crippen LogP contribution >= 0.6 is 15.9 Å². The molecular formula is C9H8BrN3O. The molecule has 0 spiro atoms. The van der Waals surface area contributed by atoms with Gasteiger partial charge in [-0.05, 0) is 22.0 Å². The Labute approximate surface area is 89.5 Å². The topological polar surface area (TPSA) is 50.8 Å². The van der Waals surface area contributed by atoms with Gasteiger partial charge in [0, 0.05) is 23.1 Å². The average Bonchev–Trinajstić information content (AvgIpc) is 2.67. The van der Waals surface area contributed by atoms with Crippen LogP contribution in [0.2, 0.25) is 0 Å². The number of hydrogen-bond acceptors (Lipinski definition) is 3. The quantitative estimate of drug-likeness (QED) is 0.912. The fourth-order valence-electron chi connectivity index (χ4n) is 1.000. The number of nitrogens with zero attached hydrogens (tertiary/aromatic N) is 2. The van der Waals surface area contributed by atoms with E-state index in [0.717, 1.165) is 16.0 Å². The van der Waals surface area contributed by atoms with Gasteiger partial charge in [-0.15, -0.1) is 0 Å². The molecule has 2 heterocycles. The Morgan fingerprint density at radius 1 is 1.43 bits per heavy atom. The van der Waals surface area contributed by atoms with E-state index >= 15 is 0 Å². The number of rotatable bonds is 3. The molecule has 1 N–H and O–H groups in total. The maximum absolute atomic E-state index is 5.44. The first-order chi connectivity index (χ1) is 6.84. The van der Waals surface area contributed by atoms with E-state index in [4.69, 9.17) is 4.74 Å². The molecule has 0 fully saturated rings. The maximum atomic E-state index is 5.44. The molecule has 2 rings (SSSR count). The normalized spacial score (nSPS) is 10.1. The molecule has 72 valence electrons.